The van der Waals surface area contributed by atoms with Crippen LogP contribution in [-0.4, -0.2) is 17.1 Å². The summed E-state index contributed by atoms with van der Waals surface area (Å²) in [7, 11) is 0. The molecule has 0 fully saturated rings. The van der Waals surface area contributed by atoms with Crippen LogP contribution in [0.5, 0.6) is 5.75 Å². The van der Waals surface area contributed by atoms with Gasteiger partial charge in [0.1, 0.15) is 11.3 Å². The predicted molar refractivity (Wildman–Crippen MR) is 86.7 cm³/mol. The summed E-state index contributed by atoms with van der Waals surface area (Å²) in [6.45, 7) is 9.29. The fourth-order valence-corrected chi connectivity index (χ4v) is 3.19. The molecule has 21 heavy (non-hydrogen) atoms. The van der Waals surface area contributed by atoms with Crippen molar-refractivity contribution in [2.45, 2.75) is 40.7 Å². The van der Waals surface area contributed by atoms with Gasteiger partial charge in [0.05, 0.1) is 11.3 Å². The number of carbonyl (C=O) groups excluding carboxylic acids is 1. The van der Waals surface area contributed by atoms with E-state index in [4.69, 9.17) is 4.74 Å². The fourth-order valence-electron chi connectivity index (χ4n) is 2.11. The number of nitrogens with zero attached hydrogens (tertiary/aromatic N) is 2. The number of carbonyl (C=O) groups is 1. The number of ether oxygens (including phenoxy) is 1. The van der Waals surface area contributed by atoms with Crippen LogP contribution < -0.4 is 9.54 Å². The lowest BCUT2D eigenvalue weighted by atomic mass is 10.2. The molecule has 2 aromatic rings. The molecule has 1 heterocycles. The average Bonchev–Trinajstić information content (AvgIpc) is 2.78. The van der Waals surface area contributed by atoms with Gasteiger partial charge < -0.3 is 9.30 Å². The summed E-state index contributed by atoms with van der Waals surface area (Å²) in [4.78, 5) is 17.0. The van der Waals surface area contributed by atoms with E-state index in [1.54, 1.807) is 11.3 Å². The maximum atomic E-state index is 12.0. The number of thiazole rings is 1. The topological polar surface area (TPSA) is 43.6 Å². The van der Waals surface area contributed by atoms with Crippen molar-refractivity contribution in [2.24, 2.45) is 10.9 Å². The molecule has 2 rings (SSSR count). The van der Waals surface area contributed by atoms with Crippen molar-refractivity contribution in [1.82, 2.24) is 4.57 Å². The summed E-state index contributed by atoms with van der Waals surface area (Å²) < 4.78 is 8.94. The summed E-state index contributed by atoms with van der Waals surface area (Å²) in [5.41, 5.74) is 1.04. The number of para-hydroxylation sites is 1. The molecule has 0 saturated heterocycles. The van der Waals surface area contributed by atoms with E-state index in [0.717, 1.165) is 33.7 Å². The number of hydrogen-bond acceptors (Lipinski definition) is 3. The SMILES string of the molecule is CCCn1c(=NC(=O)C(C)C)sc2cccc(OCC)c21. The Labute approximate surface area is 129 Å². The monoisotopic (exact) mass is 306 g/mol. The molecule has 0 aliphatic carbocycles. The van der Waals surface area contributed by atoms with Gasteiger partial charge in [0.25, 0.3) is 5.91 Å². The Hall–Kier alpha value is -1.62. The Balaban J connectivity index is 2.69. The Bertz CT molecular complexity index is 698. The van der Waals surface area contributed by atoms with E-state index in [0.29, 0.717) is 6.61 Å². The average molecular weight is 306 g/mol. The molecular weight excluding hydrogens is 284 g/mol. The lowest BCUT2D eigenvalue weighted by molar-refractivity contribution is -0.120. The quantitative estimate of drug-likeness (QED) is 0.847. The minimum absolute atomic E-state index is 0.0793. The summed E-state index contributed by atoms with van der Waals surface area (Å²) in [6.07, 6.45) is 0.981. The maximum absolute atomic E-state index is 12.0. The highest BCUT2D eigenvalue weighted by Crippen LogP contribution is 2.27. The third kappa shape index (κ3) is 3.35. The zero-order valence-electron chi connectivity index (χ0n) is 13.0. The fraction of sp³-hybridized carbons (Fsp3) is 0.500. The van der Waals surface area contributed by atoms with Crippen molar-refractivity contribution >= 4 is 27.5 Å². The third-order valence-electron chi connectivity index (χ3n) is 3.11. The van der Waals surface area contributed by atoms with Gasteiger partial charge in [0.2, 0.25) is 0 Å². The van der Waals surface area contributed by atoms with E-state index in [1.165, 1.54) is 0 Å². The van der Waals surface area contributed by atoms with Crippen molar-refractivity contribution in [3.05, 3.63) is 23.0 Å². The van der Waals surface area contributed by atoms with E-state index in [2.05, 4.69) is 16.5 Å². The summed E-state index contributed by atoms with van der Waals surface area (Å²) in [5, 5.41) is 0. The van der Waals surface area contributed by atoms with Crippen LogP contribution in [0.15, 0.2) is 23.2 Å². The highest BCUT2D eigenvalue weighted by molar-refractivity contribution is 7.16. The molecule has 0 unspecified atom stereocenters. The first kappa shape index (κ1) is 15.8. The molecule has 0 radical (unpaired) electrons. The highest BCUT2D eigenvalue weighted by atomic mass is 32.1. The molecule has 0 saturated carbocycles. The van der Waals surface area contributed by atoms with E-state index >= 15 is 0 Å². The molecule has 0 N–H and O–H groups in total. The Morgan fingerprint density at radius 1 is 1.38 bits per heavy atom. The lowest BCUT2D eigenvalue weighted by Gasteiger charge is -2.08. The molecule has 0 bridgehead atoms. The Morgan fingerprint density at radius 3 is 2.76 bits per heavy atom. The molecule has 0 spiro atoms. The molecule has 0 aliphatic heterocycles. The molecule has 5 heteroatoms. The van der Waals surface area contributed by atoms with Crippen molar-refractivity contribution in [1.29, 1.82) is 0 Å². The van der Waals surface area contributed by atoms with E-state index < -0.39 is 0 Å². The number of aryl methyl sites for hydroxylation is 1. The van der Waals surface area contributed by atoms with Gasteiger partial charge in [-0.1, -0.05) is 38.2 Å². The number of rotatable bonds is 5. The zero-order valence-corrected chi connectivity index (χ0v) is 13.9. The van der Waals surface area contributed by atoms with Crippen LogP contribution in [0.3, 0.4) is 0 Å². The predicted octanol–water partition coefficient (Wildman–Crippen LogP) is 3.59. The van der Waals surface area contributed by atoms with E-state index in [-0.39, 0.29) is 11.8 Å². The van der Waals surface area contributed by atoms with Crippen LogP contribution in [0.25, 0.3) is 10.2 Å². The molecule has 114 valence electrons. The van der Waals surface area contributed by atoms with Crippen molar-refractivity contribution in [3.8, 4) is 5.75 Å². The van der Waals surface area contributed by atoms with Gasteiger partial charge in [-0.25, -0.2) is 0 Å². The summed E-state index contributed by atoms with van der Waals surface area (Å²) in [5.74, 6) is 0.694. The van der Waals surface area contributed by atoms with Crippen molar-refractivity contribution in [3.63, 3.8) is 0 Å². The number of hydrogen-bond donors (Lipinski definition) is 0. The smallest absolute Gasteiger partial charge is 0.250 e. The number of benzene rings is 1. The maximum Gasteiger partial charge on any atom is 0.250 e. The molecule has 1 aromatic carbocycles. The van der Waals surface area contributed by atoms with Crippen LogP contribution in [-0.2, 0) is 11.3 Å². The molecular formula is C16H22N2O2S. The molecule has 1 aromatic heterocycles. The molecule has 4 nitrogen and oxygen atoms in total. The number of aromatic nitrogens is 1. The minimum atomic E-state index is -0.0864. The van der Waals surface area contributed by atoms with Crippen LogP contribution >= 0.6 is 11.3 Å². The second kappa shape index (κ2) is 6.89. The van der Waals surface area contributed by atoms with Crippen LogP contribution in [0.2, 0.25) is 0 Å². The van der Waals surface area contributed by atoms with Gasteiger partial charge in [-0.3, -0.25) is 4.79 Å². The van der Waals surface area contributed by atoms with Gasteiger partial charge in [-0.2, -0.15) is 4.99 Å². The molecule has 0 aliphatic rings. The van der Waals surface area contributed by atoms with Crippen molar-refractivity contribution < 1.29 is 9.53 Å². The second-order valence-corrected chi connectivity index (χ2v) is 6.19. The van der Waals surface area contributed by atoms with Crippen LogP contribution in [0.1, 0.15) is 34.1 Å². The number of amides is 1. The lowest BCUT2D eigenvalue weighted by Crippen LogP contribution is -2.18. The van der Waals surface area contributed by atoms with Gasteiger partial charge in [-0.15, -0.1) is 0 Å². The normalized spacial score (nSPS) is 12.3. The zero-order chi connectivity index (χ0) is 15.4. The van der Waals surface area contributed by atoms with Crippen LogP contribution in [0.4, 0.5) is 0 Å². The molecule has 0 atom stereocenters. The van der Waals surface area contributed by atoms with Crippen molar-refractivity contribution in [2.75, 3.05) is 6.61 Å². The summed E-state index contributed by atoms with van der Waals surface area (Å²) >= 11 is 1.55. The van der Waals surface area contributed by atoms with Gasteiger partial charge >= 0.3 is 0 Å². The van der Waals surface area contributed by atoms with Gasteiger partial charge in [0, 0.05) is 12.5 Å². The second-order valence-electron chi connectivity index (χ2n) is 5.18. The standard InChI is InChI=1S/C16H22N2O2S/c1-5-10-18-14-12(20-6-2)8-7-9-13(14)21-16(18)17-15(19)11(3)4/h7-9,11H,5-6,10H2,1-4H3. The van der Waals surface area contributed by atoms with Gasteiger partial charge in [-0.05, 0) is 25.5 Å². The Kier molecular flexibility index (Phi) is 5.17. The van der Waals surface area contributed by atoms with E-state index in [9.17, 15) is 4.79 Å². The minimum Gasteiger partial charge on any atom is -0.492 e. The Morgan fingerprint density at radius 2 is 2.14 bits per heavy atom. The summed E-state index contributed by atoms with van der Waals surface area (Å²) in [6, 6.07) is 6.00. The van der Waals surface area contributed by atoms with E-state index in [1.807, 2.05) is 39.0 Å². The molecule has 1 amide bonds. The first-order valence-corrected chi connectivity index (χ1v) is 8.23. The van der Waals surface area contributed by atoms with Gasteiger partial charge in [0.15, 0.2) is 4.80 Å². The first-order chi connectivity index (χ1) is 10.1. The number of fused-ring (bicyclic) bond motifs is 1. The highest BCUT2D eigenvalue weighted by Gasteiger charge is 2.13. The van der Waals surface area contributed by atoms with Crippen LogP contribution in [0, 0.1) is 5.92 Å². The first-order valence-electron chi connectivity index (χ1n) is 7.42. The third-order valence-corrected chi connectivity index (χ3v) is 4.15. The largest absolute Gasteiger partial charge is 0.492 e.